The number of halogens is 2. The summed E-state index contributed by atoms with van der Waals surface area (Å²) in [5.74, 6) is -0.317. The molecule has 0 aliphatic carbocycles. The Kier molecular flexibility index (Phi) is 6.47. The number of esters is 1. The van der Waals surface area contributed by atoms with Crippen LogP contribution >= 0.6 is 23.2 Å². The molecule has 3 rings (SSSR count). The second-order valence-corrected chi connectivity index (χ2v) is 7.23. The van der Waals surface area contributed by atoms with Crippen LogP contribution in [0.4, 0.5) is 0 Å². The van der Waals surface area contributed by atoms with E-state index in [1.165, 1.54) is 6.92 Å². The van der Waals surface area contributed by atoms with Crippen LogP contribution in [0.5, 0.6) is 0 Å². The summed E-state index contributed by atoms with van der Waals surface area (Å²) in [6.07, 6.45) is 4.89. The Labute approximate surface area is 168 Å². The summed E-state index contributed by atoms with van der Waals surface area (Å²) in [5, 5.41) is 9.16. The maximum Gasteiger partial charge on any atom is 0.302 e. The van der Waals surface area contributed by atoms with Crippen molar-refractivity contribution >= 4 is 29.2 Å². The zero-order chi connectivity index (χ0) is 19.4. The molecule has 2 aromatic rings. The first kappa shape index (κ1) is 19.8. The van der Waals surface area contributed by atoms with Crippen LogP contribution in [0.15, 0.2) is 36.4 Å². The summed E-state index contributed by atoms with van der Waals surface area (Å²) in [4.78, 5) is 11.0. The van der Waals surface area contributed by atoms with Gasteiger partial charge in [-0.1, -0.05) is 47.5 Å². The number of carbonyl (C=O) groups excluding carboxylic acids is 1. The van der Waals surface area contributed by atoms with Crippen molar-refractivity contribution in [2.75, 3.05) is 6.61 Å². The van der Waals surface area contributed by atoms with Crippen LogP contribution in [0.2, 0.25) is 10.2 Å². The smallest absolute Gasteiger partial charge is 0.302 e. The lowest BCUT2D eigenvalue weighted by molar-refractivity contribution is -0.145. The monoisotopic (exact) mass is 406 g/mol. The van der Waals surface area contributed by atoms with Gasteiger partial charge in [0.05, 0.1) is 11.8 Å². The Morgan fingerprint density at radius 1 is 1.30 bits per heavy atom. The zero-order valence-corrected chi connectivity index (χ0v) is 16.6. The van der Waals surface area contributed by atoms with Gasteiger partial charge in [-0.3, -0.25) is 4.79 Å². The Morgan fingerprint density at radius 3 is 2.85 bits per heavy atom. The number of aryl methyl sites for hydroxylation is 1. The fraction of sp³-hybridized carbons (Fsp3) is 0.350. The topological polar surface area (TPSA) is 61.3 Å². The van der Waals surface area contributed by atoms with Crippen LogP contribution in [-0.2, 0) is 20.7 Å². The Bertz CT molecular complexity index is 870. The van der Waals surface area contributed by atoms with E-state index in [-0.39, 0.29) is 24.8 Å². The number of hydrogen-bond donors (Lipinski definition) is 0. The molecule has 0 unspecified atom stereocenters. The largest absolute Gasteiger partial charge is 0.463 e. The van der Waals surface area contributed by atoms with Crippen molar-refractivity contribution in [1.82, 2.24) is 10.2 Å². The molecule has 0 spiro atoms. The predicted molar refractivity (Wildman–Crippen MR) is 104 cm³/mol. The minimum absolute atomic E-state index is 0.121. The summed E-state index contributed by atoms with van der Waals surface area (Å²) >= 11 is 12.3. The average Bonchev–Trinajstić information content (AvgIpc) is 2.65. The number of rotatable bonds is 5. The zero-order valence-electron chi connectivity index (χ0n) is 15.1. The van der Waals surface area contributed by atoms with E-state index in [1.807, 2.05) is 43.3 Å². The van der Waals surface area contributed by atoms with Gasteiger partial charge >= 0.3 is 5.97 Å². The van der Waals surface area contributed by atoms with Crippen molar-refractivity contribution in [3.05, 3.63) is 69.0 Å². The Morgan fingerprint density at radius 2 is 2.11 bits per heavy atom. The lowest BCUT2D eigenvalue weighted by Gasteiger charge is -2.26. The molecule has 0 N–H and O–H groups in total. The van der Waals surface area contributed by atoms with Crippen LogP contribution < -0.4 is 0 Å². The number of ether oxygens (including phenoxy) is 2. The lowest BCUT2D eigenvalue weighted by Crippen LogP contribution is -2.24. The first-order chi connectivity index (χ1) is 12.9. The van der Waals surface area contributed by atoms with Crippen molar-refractivity contribution in [1.29, 1.82) is 0 Å². The minimum Gasteiger partial charge on any atom is -0.463 e. The van der Waals surface area contributed by atoms with E-state index in [2.05, 4.69) is 10.2 Å². The molecule has 0 saturated heterocycles. The second kappa shape index (κ2) is 8.83. The summed E-state index contributed by atoms with van der Waals surface area (Å²) in [6, 6.07) is 7.76. The minimum atomic E-state index is -0.317. The predicted octanol–water partition coefficient (Wildman–Crippen LogP) is 4.63. The van der Waals surface area contributed by atoms with Crippen molar-refractivity contribution in [3.8, 4) is 0 Å². The molecule has 0 bridgehead atoms. The number of nitrogens with zero attached hydrogens (tertiary/aromatic N) is 2. The van der Waals surface area contributed by atoms with E-state index >= 15 is 0 Å². The maximum absolute atomic E-state index is 11.0. The molecule has 7 heteroatoms. The maximum atomic E-state index is 11.0. The molecule has 0 radical (unpaired) electrons. The molecule has 2 heterocycles. The Balaban J connectivity index is 1.75. The molecule has 0 fully saturated rings. The first-order valence-electron chi connectivity index (χ1n) is 8.65. The number of aromatic nitrogens is 2. The van der Waals surface area contributed by atoms with Gasteiger partial charge in [0.2, 0.25) is 0 Å². The van der Waals surface area contributed by atoms with Gasteiger partial charge in [-0.05, 0) is 42.2 Å². The van der Waals surface area contributed by atoms with Crippen LogP contribution in [0.1, 0.15) is 41.8 Å². The van der Waals surface area contributed by atoms with Gasteiger partial charge in [0, 0.05) is 18.4 Å². The van der Waals surface area contributed by atoms with E-state index in [0.29, 0.717) is 16.6 Å². The van der Waals surface area contributed by atoms with Crippen LogP contribution in [0, 0.1) is 6.92 Å². The third-order valence-corrected chi connectivity index (χ3v) is 5.02. The standard InChI is InChI=1S/C20H20Cl2N2O3/c1-12-8-16(23-24-20(12)22)10-15-9-14(6-7-18(15)21)19-5-3-4-17(27-19)11-26-13(2)25/h3-4,6-9,17,19H,5,10-11H2,1-2H3/t17-,19-/m0/s1. The van der Waals surface area contributed by atoms with Gasteiger partial charge in [-0.2, -0.15) is 5.10 Å². The molecule has 1 aromatic carbocycles. The average molecular weight is 407 g/mol. The van der Waals surface area contributed by atoms with Crippen molar-refractivity contribution in [2.24, 2.45) is 0 Å². The lowest BCUT2D eigenvalue weighted by atomic mass is 9.99. The van der Waals surface area contributed by atoms with Gasteiger partial charge in [-0.25, -0.2) is 0 Å². The molecule has 0 saturated carbocycles. The highest BCUT2D eigenvalue weighted by molar-refractivity contribution is 6.31. The number of carbonyl (C=O) groups is 1. The number of hydrogen-bond acceptors (Lipinski definition) is 5. The molecular weight excluding hydrogens is 387 g/mol. The van der Waals surface area contributed by atoms with Gasteiger partial charge in [0.1, 0.15) is 12.7 Å². The normalized spacial score (nSPS) is 19.1. The van der Waals surface area contributed by atoms with E-state index in [0.717, 1.165) is 28.8 Å². The first-order valence-corrected chi connectivity index (χ1v) is 9.40. The summed E-state index contributed by atoms with van der Waals surface area (Å²) in [6.45, 7) is 3.49. The van der Waals surface area contributed by atoms with E-state index < -0.39 is 0 Å². The van der Waals surface area contributed by atoms with E-state index in [1.54, 1.807) is 0 Å². The van der Waals surface area contributed by atoms with Gasteiger partial charge in [-0.15, -0.1) is 5.10 Å². The highest BCUT2D eigenvalue weighted by atomic mass is 35.5. The van der Waals surface area contributed by atoms with Crippen LogP contribution in [0.3, 0.4) is 0 Å². The van der Waals surface area contributed by atoms with Crippen molar-refractivity contribution < 1.29 is 14.3 Å². The molecule has 142 valence electrons. The molecule has 5 nitrogen and oxygen atoms in total. The van der Waals surface area contributed by atoms with E-state index in [9.17, 15) is 4.79 Å². The SMILES string of the molecule is CC(=O)OC[C@@H]1C=CC[C@@H](c2ccc(Cl)c(Cc3cc(C)c(Cl)nn3)c2)O1. The molecule has 2 atom stereocenters. The van der Waals surface area contributed by atoms with Crippen molar-refractivity contribution in [2.45, 2.75) is 38.9 Å². The molecule has 1 aliphatic heterocycles. The molecule has 0 amide bonds. The third kappa shape index (κ3) is 5.28. The highest BCUT2D eigenvalue weighted by Crippen LogP contribution is 2.31. The van der Waals surface area contributed by atoms with Crippen molar-refractivity contribution in [3.63, 3.8) is 0 Å². The van der Waals surface area contributed by atoms with Crippen LogP contribution in [-0.4, -0.2) is 28.9 Å². The fourth-order valence-electron chi connectivity index (χ4n) is 2.91. The van der Waals surface area contributed by atoms with Gasteiger partial charge in [0.25, 0.3) is 0 Å². The Hall–Kier alpha value is -1.95. The number of benzene rings is 1. The van der Waals surface area contributed by atoms with Gasteiger partial charge < -0.3 is 9.47 Å². The molecule has 1 aliphatic rings. The van der Waals surface area contributed by atoms with E-state index in [4.69, 9.17) is 32.7 Å². The molecule has 1 aromatic heterocycles. The summed E-state index contributed by atoms with van der Waals surface area (Å²) < 4.78 is 11.1. The highest BCUT2D eigenvalue weighted by Gasteiger charge is 2.21. The third-order valence-electron chi connectivity index (χ3n) is 4.28. The molecule has 27 heavy (non-hydrogen) atoms. The quantitative estimate of drug-likeness (QED) is 0.534. The summed E-state index contributed by atoms with van der Waals surface area (Å²) in [5.41, 5.74) is 3.64. The fourth-order valence-corrected chi connectivity index (χ4v) is 3.19. The second-order valence-electron chi connectivity index (χ2n) is 6.47. The summed E-state index contributed by atoms with van der Waals surface area (Å²) in [7, 11) is 0. The van der Waals surface area contributed by atoms with Gasteiger partial charge in [0.15, 0.2) is 5.15 Å². The van der Waals surface area contributed by atoms with Crippen LogP contribution in [0.25, 0.3) is 0 Å². The molecular formula is C20H20Cl2N2O3.